The number of nitrogens with zero attached hydrogens (tertiary/aromatic N) is 1. The molecule has 5 nitrogen and oxygen atoms in total. The van der Waals surface area contributed by atoms with Gasteiger partial charge in [-0.25, -0.2) is 4.98 Å². The molecule has 1 aromatic heterocycles. The maximum atomic E-state index is 10.7. The van der Waals surface area contributed by atoms with Crippen LogP contribution in [0, 0.1) is 0 Å². The van der Waals surface area contributed by atoms with Crippen LogP contribution in [-0.4, -0.2) is 28.2 Å². The number of hydrogen-bond acceptors (Lipinski definition) is 3. The molecule has 0 spiro atoms. The number of rotatable bonds is 5. The smallest absolute Gasteiger partial charge is 0.303 e. The van der Waals surface area contributed by atoms with Crippen molar-refractivity contribution < 1.29 is 14.6 Å². The number of aryl methyl sites for hydroxylation is 1. The van der Waals surface area contributed by atoms with E-state index >= 15 is 0 Å². The number of carboxylic acid groups (broad SMARTS) is 1. The minimum Gasteiger partial charge on any atom is -0.497 e. The van der Waals surface area contributed by atoms with Crippen molar-refractivity contribution in [2.24, 2.45) is 0 Å². The Hall–Kier alpha value is -1.82. The topological polar surface area (TPSA) is 75.2 Å². The molecule has 100 valence electrons. The molecule has 0 radical (unpaired) electrons. The van der Waals surface area contributed by atoms with Crippen LogP contribution >= 0.6 is 15.9 Å². The van der Waals surface area contributed by atoms with Crippen molar-refractivity contribution in [2.45, 2.75) is 12.8 Å². The Morgan fingerprint density at radius 1 is 1.53 bits per heavy atom. The molecule has 0 unspecified atom stereocenters. The lowest BCUT2D eigenvalue weighted by atomic mass is 10.1. The fraction of sp³-hybridized carbons (Fsp3) is 0.231. The Morgan fingerprint density at radius 3 is 3.00 bits per heavy atom. The first-order valence-electron chi connectivity index (χ1n) is 5.70. The number of carboxylic acids is 1. The average molecular weight is 325 g/mol. The summed E-state index contributed by atoms with van der Waals surface area (Å²) < 4.78 is 5.77. The van der Waals surface area contributed by atoms with Crippen molar-refractivity contribution in [1.82, 2.24) is 9.97 Å². The lowest BCUT2D eigenvalue weighted by Gasteiger charge is -2.04. The number of ether oxygens (including phenoxy) is 1. The molecule has 19 heavy (non-hydrogen) atoms. The van der Waals surface area contributed by atoms with E-state index in [1.54, 1.807) is 7.11 Å². The monoisotopic (exact) mass is 324 g/mol. The van der Waals surface area contributed by atoms with Gasteiger partial charge in [-0.15, -0.1) is 0 Å². The van der Waals surface area contributed by atoms with Crippen LogP contribution in [0.2, 0.25) is 0 Å². The number of imidazole rings is 1. The average Bonchev–Trinajstić information content (AvgIpc) is 2.77. The number of aromatic nitrogens is 2. The zero-order valence-corrected chi connectivity index (χ0v) is 11.9. The highest BCUT2D eigenvalue weighted by Crippen LogP contribution is 2.27. The molecule has 0 aliphatic heterocycles. The van der Waals surface area contributed by atoms with Crippen LogP contribution < -0.4 is 4.74 Å². The van der Waals surface area contributed by atoms with Gasteiger partial charge in [0.1, 0.15) is 5.75 Å². The molecule has 2 rings (SSSR count). The summed E-state index contributed by atoms with van der Waals surface area (Å²) in [6, 6.07) is 7.50. The summed E-state index contributed by atoms with van der Waals surface area (Å²) >= 11 is 3.28. The van der Waals surface area contributed by atoms with Crippen LogP contribution in [0.4, 0.5) is 0 Å². The summed E-state index contributed by atoms with van der Waals surface area (Å²) in [6.45, 7) is 0. The maximum Gasteiger partial charge on any atom is 0.303 e. The van der Waals surface area contributed by atoms with E-state index in [1.165, 1.54) is 0 Å². The van der Waals surface area contributed by atoms with Gasteiger partial charge in [0.15, 0.2) is 4.73 Å². The molecule has 2 N–H and O–H groups in total. The second kappa shape index (κ2) is 5.88. The Balaban J connectivity index is 2.34. The van der Waals surface area contributed by atoms with Gasteiger partial charge >= 0.3 is 5.97 Å². The molecule has 0 saturated carbocycles. The molecule has 0 saturated heterocycles. The van der Waals surface area contributed by atoms with Gasteiger partial charge < -0.3 is 14.8 Å². The van der Waals surface area contributed by atoms with Crippen LogP contribution in [0.25, 0.3) is 11.3 Å². The number of aromatic amines is 1. The molecule has 0 fully saturated rings. The molecular weight excluding hydrogens is 312 g/mol. The number of halogens is 1. The second-order valence-electron chi connectivity index (χ2n) is 3.98. The quantitative estimate of drug-likeness (QED) is 0.886. The van der Waals surface area contributed by atoms with Gasteiger partial charge in [-0.3, -0.25) is 4.79 Å². The normalized spacial score (nSPS) is 10.4. The zero-order valence-electron chi connectivity index (χ0n) is 10.3. The van der Waals surface area contributed by atoms with Crippen molar-refractivity contribution in [3.05, 3.63) is 34.7 Å². The first-order valence-corrected chi connectivity index (χ1v) is 6.50. The van der Waals surface area contributed by atoms with E-state index in [4.69, 9.17) is 9.84 Å². The van der Waals surface area contributed by atoms with Gasteiger partial charge in [0.05, 0.1) is 19.2 Å². The third kappa shape index (κ3) is 3.35. The van der Waals surface area contributed by atoms with Crippen molar-refractivity contribution in [1.29, 1.82) is 0 Å². The third-order valence-corrected chi connectivity index (χ3v) is 3.06. The number of hydrogen-bond donors (Lipinski definition) is 2. The number of carbonyl (C=O) groups is 1. The first-order chi connectivity index (χ1) is 9.10. The standard InChI is InChI=1S/C13H13BrN2O3/c1-19-9-4-2-3-8(7-9)12-10(5-6-11(17)18)15-13(14)16-12/h2-4,7H,5-6H2,1H3,(H,15,16)(H,17,18). The Kier molecular flexibility index (Phi) is 4.21. The minimum absolute atomic E-state index is 0.0611. The summed E-state index contributed by atoms with van der Waals surface area (Å²) in [4.78, 5) is 18.0. The van der Waals surface area contributed by atoms with E-state index in [0.717, 1.165) is 22.7 Å². The van der Waals surface area contributed by atoms with Gasteiger partial charge in [0.25, 0.3) is 0 Å². The molecule has 1 heterocycles. The highest BCUT2D eigenvalue weighted by Gasteiger charge is 2.13. The molecule has 6 heteroatoms. The maximum absolute atomic E-state index is 10.7. The largest absolute Gasteiger partial charge is 0.497 e. The lowest BCUT2D eigenvalue weighted by molar-refractivity contribution is -0.136. The number of methoxy groups -OCH3 is 1. The van der Waals surface area contributed by atoms with E-state index in [1.807, 2.05) is 24.3 Å². The van der Waals surface area contributed by atoms with Crippen LogP contribution in [0.1, 0.15) is 12.1 Å². The first kappa shape index (κ1) is 13.6. The van der Waals surface area contributed by atoms with Gasteiger partial charge in [-0.1, -0.05) is 12.1 Å². The third-order valence-electron chi connectivity index (χ3n) is 2.68. The SMILES string of the molecule is COc1cccc(-c2nc(Br)[nH]c2CCC(=O)O)c1. The second-order valence-corrected chi connectivity index (χ2v) is 4.73. The number of nitrogens with one attached hydrogen (secondary N) is 1. The predicted molar refractivity (Wildman–Crippen MR) is 74.2 cm³/mol. The Morgan fingerprint density at radius 2 is 2.32 bits per heavy atom. The molecule has 0 atom stereocenters. The summed E-state index contributed by atoms with van der Waals surface area (Å²) in [6.07, 6.45) is 0.464. The number of H-pyrrole nitrogens is 1. The fourth-order valence-corrected chi connectivity index (χ4v) is 2.22. The molecular formula is C13H13BrN2O3. The van der Waals surface area contributed by atoms with Crippen molar-refractivity contribution in [3.63, 3.8) is 0 Å². The predicted octanol–water partition coefficient (Wildman–Crippen LogP) is 2.87. The van der Waals surface area contributed by atoms with E-state index in [2.05, 4.69) is 25.9 Å². The van der Waals surface area contributed by atoms with Crippen LogP contribution in [0.15, 0.2) is 29.0 Å². The summed E-state index contributed by atoms with van der Waals surface area (Å²) in [5.74, 6) is -0.0943. The molecule has 1 aromatic carbocycles. The van der Waals surface area contributed by atoms with Gasteiger partial charge in [-0.05, 0) is 28.1 Å². The highest BCUT2D eigenvalue weighted by molar-refractivity contribution is 9.10. The van der Waals surface area contributed by atoms with Gasteiger partial charge in [0.2, 0.25) is 0 Å². The summed E-state index contributed by atoms with van der Waals surface area (Å²) in [5, 5.41) is 8.76. The molecule has 0 aliphatic carbocycles. The van der Waals surface area contributed by atoms with E-state index in [0.29, 0.717) is 11.2 Å². The van der Waals surface area contributed by atoms with E-state index in [-0.39, 0.29) is 6.42 Å². The lowest BCUT2D eigenvalue weighted by Crippen LogP contribution is -1.99. The molecule has 0 aliphatic rings. The fourth-order valence-electron chi connectivity index (χ4n) is 1.80. The molecule has 0 bridgehead atoms. The van der Waals surface area contributed by atoms with Crippen LogP contribution in [-0.2, 0) is 11.2 Å². The van der Waals surface area contributed by atoms with Crippen molar-refractivity contribution in [3.8, 4) is 17.0 Å². The van der Waals surface area contributed by atoms with Gasteiger partial charge in [0, 0.05) is 17.7 Å². The zero-order chi connectivity index (χ0) is 13.8. The Labute approximate surface area is 118 Å². The highest BCUT2D eigenvalue weighted by atomic mass is 79.9. The van der Waals surface area contributed by atoms with Crippen LogP contribution in [0.3, 0.4) is 0 Å². The van der Waals surface area contributed by atoms with Crippen LogP contribution in [0.5, 0.6) is 5.75 Å². The Bertz CT molecular complexity index is 595. The van der Waals surface area contributed by atoms with Crippen molar-refractivity contribution >= 4 is 21.9 Å². The number of aliphatic carboxylic acids is 1. The van der Waals surface area contributed by atoms with E-state index < -0.39 is 5.97 Å². The summed E-state index contributed by atoms with van der Waals surface area (Å²) in [7, 11) is 1.60. The number of benzene rings is 1. The summed E-state index contributed by atoms with van der Waals surface area (Å²) in [5.41, 5.74) is 2.43. The van der Waals surface area contributed by atoms with E-state index in [9.17, 15) is 4.79 Å². The van der Waals surface area contributed by atoms with Crippen molar-refractivity contribution in [2.75, 3.05) is 7.11 Å². The molecule has 2 aromatic rings. The minimum atomic E-state index is -0.831. The van der Waals surface area contributed by atoms with Gasteiger partial charge in [-0.2, -0.15) is 0 Å². The molecule has 0 amide bonds.